The van der Waals surface area contributed by atoms with Crippen LogP contribution in [0.1, 0.15) is 23.6 Å². The zero-order valence-corrected chi connectivity index (χ0v) is 11.4. The number of hydrogen-bond acceptors (Lipinski definition) is 3. The topological polar surface area (TPSA) is 52.3 Å². The molecule has 0 aliphatic heterocycles. The molecule has 8 heteroatoms. The molecule has 0 heterocycles. The third-order valence-corrected chi connectivity index (χ3v) is 2.51. The molecule has 0 aromatic heterocycles. The number of ether oxygens (including phenoxy) is 1. The molecule has 0 amide bonds. The Bertz CT molecular complexity index is 452. The molecule has 0 fully saturated rings. The SMILES string of the molecule is COC(=O)C[C@@H](N)c1cc(Cl)cc(C(F)(F)F)c1.Cl. The molecule has 3 nitrogen and oxygen atoms in total. The van der Waals surface area contributed by atoms with Gasteiger partial charge in [-0.2, -0.15) is 13.2 Å². The zero-order valence-electron chi connectivity index (χ0n) is 9.83. The maximum Gasteiger partial charge on any atom is 0.416 e. The highest BCUT2D eigenvalue weighted by atomic mass is 35.5. The van der Waals surface area contributed by atoms with Crippen molar-refractivity contribution in [1.82, 2.24) is 0 Å². The minimum Gasteiger partial charge on any atom is -0.469 e. The number of nitrogens with two attached hydrogens (primary N) is 1. The quantitative estimate of drug-likeness (QED) is 0.870. The van der Waals surface area contributed by atoms with Crippen LogP contribution in [0, 0.1) is 0 Å². The molecule has 1 rings (SSSR count). The average molecular weight is 318 g/mol. The summed E-state index contributed by atoms with van der Waals surface area (Å²) in [7, 11) is 1.17. The first-order valence-electron chi connectivity index (χ1n) is 4.94. The van der Waals surface area contributed by atoms with E-state index in [4.69, 9.17) is 17.3 Å². The molecule has 0 aliphatic carbocycles. The second-order valence-electron chi connectivity index (χ2n) is 3.66. The standard InChI is InChI=1S/C11H11ClF3NO2.ClH/c1-18-10(17)5-9(16)6-2-7(11(13,14)15)4-8(12)3-6;/h2-4,9H,5,16H2,1H3;1H/t9-;/m1./s1. The van der Waals surface area contributed by atoms with Gasteiger partial charge in [-0.25, -0.2) is 0 Å². The number of carbonyl (C=O) groups is 1. The van der Waals surface area contributed by atoms with Crippen molar-refractivity contribution in [3.8, 4) is 0 Å². The first-order chi connectivity index (χ1) is 8.24. The highest BCUT2D eigenvalue weighted by Gasteiger charge is 2.31. The van der Waals surface area contributed by atoms with Gasteiger partial charge in [0, 0.05) is 11.1 Å². The van der Waals surface area contributed by atoms with Crippen LogP contribution >= 0.6 is 24.0 Å². The van der Waals surface area contributed by atoms with Gasteiger partial charge in [-0.3, -0.25) is 4.79 Å². The van der Waals surface area contributed by atoms with E-state index >= 15 is 0 Å². The molecule has 1 aromatic carbocycles. The number of esters is 1. The van der Waals surface area contributed by atoms with Gasteiger partial charge in [-0.05, 0) is 23.8 Å². The number of carbonyl (C=O) groups excluding carboxylic acids is 1. The normalized spacial score (nSPS) is 12.5. The highest BCUT2D eigenvalue weighted by molar-refractivity contribution is 6.30. The fraction of sp³-hybridized carbons (Fsp3) is 0.364. The smallest absolute Gasteiger partial charge is 0.416 e. The van der Waals surface area contributed by atoms with Gasteiger partial charge in [0.05, 0.1) is 19.1 Å². The lowest BCUT2D eigenvalue weighted by molar-refractivity contribution is -0.141. The lowest BCUT2D eigenvalue weighted by Crippen LogP contribution is -2.17. The van der Waals surface area contributed by atoms with E-state index in [-0.39, 0.29) is 29.4 Å². The summed E-state index contributed by atoms with van der Waals surface area (Å²) in [6, 6.07) is 2.08. The van der Waals surface area contributed by atoms with E-state index in [2.05, 4.69) is 4.74 Å². The van der Waals surface area contributed by atoms with Crippen LogP contribution in [0.25, 0.3) is 0 Å². The first kappa shape index (κ1) is 18.0. The largest absolute Gasteiger partial charge is 0.469 e. The van der Waals surface area contributed by atoms with Gasteiger partial charge in [-0.1, -0.05) is 11.6 Å². The number of halogens is 5. The summed E-state index contributed by atoms with van der Waals surface area (Å²) >= 11 is 5.60. The summed E-state index contributed by atoms with van der Waals surface area (Å²) in [5, 5.41) is -0.0832. The van der Waals surface area contributed by atoms with Crippen molar-refractivity contribution in [2.75, 3.05) is 7.11 Å². The summed E-state index contributed by atoms with van der Waals surface area (Å²) in [4.78, 5) is 11.0. The molecule has 0 unspecified atom stereocenters. The lowest BCUT2D eigenvalue weighted by Gasteiger charge is -2.14. The van der Waals surface area contributed by atoms with Gasteiger partial charge in [-0.15, -0.1) is 12.4 Å². The molecule has 108 valence electrons. The second kappa shape index (κ2) is 6.98. The summed E-state index contributed by atoms with van der Waals surface area (Å²) in [6.07, 6.45) is -4.72. The molecule has 0 spiro atoms. The van der Waals surface area contributed by atoms with E-state index in [1.54, 1.807) is 0 Å². The van der Waals surface area contributed by atoms with Crippen molar-refractivity contribution in [2.45, 2.75) is 18.6 Å². The summed E-state index contributed by atoms with van der Waals surface area (Å²) in [6.45, 7) is 0. The van der Waals surface area contributed by atoms with Gasteiger partial charge in [0.1, 0.15) is 0 Å². The Morgan fingerprint density at radius 3 is 2.47 bits per heavy atom. The van der Waals surface area contributed by atoms with Crippen LogP contribution < -0.4 is 5.73 Å². The van der Waals surface area contributed by atoms with Crippen molar-refractivity contribution < 1.29 is 22.7 Å². The molecule has 1 aromatic rings. The Kier molecular flexibility index (Phi) is 6.62. The van der Waals surface area contributed by atoms with Crippen molar-refractivity contribution in [1.29, 1.82) is 0 Å². The Morgan fingerprint density at radius 1 is 1.42 bits per heavy atom. The summed E-state index contributed by atoms with van der Waals surface area (Å²) < 4.78 is 42.0. The maximum absolute atomic E-state index is 12.5. The van der Waals surface area contributed by atoms with E-state index in [1.807, 2.05) is 0 Å². The minimum absolute atomic E-state index is 0. The maximum atomic E-state index is 12.5. The number of hydrogen-bond donors (Lipinski definition) is 1. The van der Waals surface area contributed by atoms with Crippen LogP contribution in [0.4, 0.5) is 13.2 Å². The van der Waals surface area contributed by atoms with Gasteiger partial charge >= 0.3 is 12.1 Å². The van der Waals surface area contributed by atoms with Crippen LogP contribution in [0.3, 0.4) is 0 Å². The second-order valence-corrected chi connectivity index (χ2v) is 4.09. The number of alkyl halides is 3. The molecular formula is C11H12Cl2F3NO2. The van der Waals surface area contributed by atoms with Gasteiger partial charge in [0.2, 0.25) is 0 Å². The molecule has 1 atom stereocenters. The van der Waals surface area contributed by atoms with Crippen molar-refractivity contribution in [3.05, 3.63) is 34.3 Å². The van der Waals surface area contributed by atoms with Crippen molar-refractivity contribution in [3.63, 3.8) is 0 Å². The molecule has 0 bridgehead atoms. The monoisotopic (exact) mass is 317 g/mol. The molecule has 0 aliphatic rings. The fourth-order valence-corrected chi connectivity index (χ4v) is 1.61. The van der Waals surface area contributed by atoms with E-state index in [0.717, 1.165) is 12.1 Å². The summed E-state index contributed by atoms with van der Waals surface area (Å²) in [5.41, 5.74) is 4.87. The summed E-state index contributed by atoms with van der Waals surface area (Å²) in [5.74, 6) is -0.601. The van der Waals surface area contributed by atoms with Crippen molar-refractivity contribution in [2.24, 2.45) is 5.73 Å². The third kappa shape index (κ3) is 5.26. The molecule has 0 saturated carbocycles. The average Bonchev–Trinajstić information content (AvgIpc) is 2.26. The predicted octanol–water partition coefficient (Wildman–Crippen LogP) is 3.34. The molecular weight excluding hydrogens is 306 g/mol. The van der Waals surface area contributed by atoms with Crippen LogP contribution in [0.5, 0.6) is 0 Å². The van der Waals surface area contributed by atoms with Crippen LogP contribution in [0.15, 0.2) is 18.2 Å². The number of rotatable bonds is 3. The Morgan fingerprint density at radius 2 is 2.00 bits per heavy atom. The van der Waals surface area contributed by atoms with Gasteiger partial charge < -0.3 is 10.5 Å². The highest BCUT2D eigenvalue weighted by Crippen LogP contribution is 2.33. The Labute approximate surface area is 119 Å². The third-order valence-electron chi connectivity index (χ3n) is 2.29. The Balaban J connectivity index is 0.00000324. The predicted molar refractivity (Wildman–Crippen MR) is 67.3 cm³/mol. The van der Waals surface area contributed by atoms with Crippen LogP contribution in [-0.2, 0) is 15.7 Å². The Hall–Kier alpha value is -0.980. The fourth-order valence-electron chi connectivity index (χ4n) is 1.37. The molecule has 2 N–H and O–H groups in total. The molecule has 0 saturated heterocycles. The van der Waals surface area contributed by atoms with Crippen molar-refractivity contribution >= 4 is 30.0 Å². The van der Waals surface area contributed by atoms with Crippen LogP contribution in [-0.4, -0.2) is 13.1 Å². The molecule has 0 radical (unpaired) electrons. The molecule has 19 heavy (non-hydrogen) atoms. The first-order valence-corrected chi connectivity index (χ1v) is 5.32. The number of benzene rings is 1. The van der Waals surface area contributed by atoms with E-state index < -0.39 is 23.8 Å². The van der Waals surface area contributed by atoms with Gasteiger partial charge in [0.25, 0.3) is 0 Å². The van der Waals surface area contributed by atoms with Gasteiger partial charge in [0.15, 0.2) is 0 Å². The van der Waals surface area contributed by atoms with E-state index in [9.17, 15) is 18.0 Å². The number of methoxy groups -OCH3 is 1. The van der Waals surface area contributed by atoms with E-state index in [1.165, 1.54) is 13.2 Å². The zero-order chi connectivity index (χ0) is 13.9. The lowest BCUT2D eigenvalue weighted by atomic mass is 10.0. The minimum atomic E-state index is -4.51. The van der Waals surface area contributed by atoms with E-state index in [0.29, 0.717) is 0 Å². The van der Waals surface area contributed by atoms with Crippen LogP contribution in [0.2, 0.25) is 5.02 Å².